The van der Waals surface area contributed by atoms with Gasteiger partial charge in [0.15, 0.2) is 0 Å². The number of rotatable bonds is 4. The predicted molar refractivity (Wildman–Crippen MR) is 112 cm³/mol. The van der Waals surface area contributed by atoms with Crippen molar-refractivity contribution in [1.82, 2.24) is 0 Å². The van der Waals surface area contributed by atoms with E-state index in [1.165, 1.54) is 0 Å². The molecule has 0 unspecified atom stereocenters. The van der Waals surface area contributed by atoms with Crippen LogP contribution < -0.4 is 20.9 Å². The van der Waals surface area contributed by atoms with E-state index in [1.54, 1.807) is 0 Å². The summed E-state index contributed by atoms with van der Waals surface area (Å²) in [5.41, 5.74) is 12.6. The zero-order valence-electron chi connectivity index (χ0n) is 15.8. The fourth-order valence-corrected chi connectivity index (χ4v) is 2.22. The Labute approximate surface area is 199 Å². The number of anilines is 2. The largest absolute Gasteiger partial charge is 0.483 e. The van der Waals surface area contributed by atoms with Gasteiger partial charge in [0.2, 0.25) is 0 Å². The molecule has 0 saturated carbocycles. The van der Waals surface area contributed by atoms with Crippen molar-refractivity contribution in [2.24, 2.45) is 0 Å². The molecular formula is C24H20LaN2O2-2. The van der Waals surface area contributed by atoms with E-state index in [0.29, 0.717) is 0 Å². The van der Waals surface area contributed by atoms with Crippen LogP contribution in [0, 0.1) is 47.7 Å². The van der Waals surface area contributed by atoms with Crippen molar-refractivity contribution in [1.29, 1.82) is 0 Å². The van der Waals surface area contributed by atoms with Crippen LogP contribution in [0.25, 0.3) is 0 Å². The maximum atomic E-state index is 5.56. The Bertz CT molecular complexity index is 878. The molecule has 0 aliphatic rings. The molecule has 0 fully saturated rings. The molecule has 4 aromatic rings. The minimum absolute atomic E-state index is 0. The second-order valence-corrected chi connectivity index (χ2v) is 5.81. The SMILES string of the molecule is Nc1ccc(Oc2cc[c-]cc2)cc1.Nc1ccc(Oc2cc[c-]cc2)cc1.[La]. The van der Waals surface area contributed by atoms with E-state index in [0.717, 1.165) is 34.4 Å². The quantitative estimate of drug-likeness (QED) is 0.274. The Hall–Kier alpha value is -2.73. The topological polar surface area (TPSA) is 70.5 Å². The van der Waals surface area contributed by atoms with E-state index in [4.69, 9.17) is 20.9 Å². The molecule has 4 nitrogen and oxygen atoms in total. The molecule has 0 aliphatic heterocycles. The zero-order valence-corrected chi connectivity index (χ0v) is 19.4. The molecule has 5 heteroatoms. The second-order valence-electron chi connectivity index (χ2n) is 5.81. The van der Waals surface area contributed by atoms with Crippen molar-refractivity contribution in [3.63, 3.8) is 0 Å². The minimum atomic E-state index is 0. The summed E-state index contributed by atoms with van der Waals surface area (Å²) in [6.45, 7) is 0. The molecular weight excluding hydrogens is 487 g/mol. The van der Waals surface area contributed by atoms with E-state index in [2.05, 4.69) is 12.1 Å². The van der Waals surface area contributed by atoms with Gasteiger partial charge in [-0.05, 0) is 48.5 Å². The number of ether oxygens (including phenoxy) is 2. The first kappa shape index (κ1) is 22.6. The van der Waals surface area contributed by atoms with Gasteiger partial charge in [0.05, 0.1) is 0 Å². The normalized spacial score (nSPS) is 9.38. The smallest absolute Gasteiger partial charge is 0.124 e. The zero-order chi connectivity index (χ0) is 19.6. The number of benzene rings is 4. The Kier molecular flexibility index (Phi) is 9.31. The van der Waals surface area contributed by atoms with Gasteiger partial charge in [-0.15, -0.1) is 24.3 Å². The third kappa shape index (κ3) is 8.04. The van der Waals surface area contributed by atoms with Crippen LogP contribution in [0.3, 0.4) is 0 Å². The first-order valence-electron chi connectivity index (χ1n) is 8.68. The van der Waals surface area contributed by atoms with Crippen molar-refractivity contribution in [2.75, 3.05) is 11.5 Å². The molecule has 4 aromatic carbocycles. The van der Waals surface area contributed by atoms with Crippen LogP contribution >= 0.6 is 0 Å². The molecule has 0 aliphatic carbocycles. The summed E-state index contributed by atoms with van der Waals surface area (Å²) in [5, 5.41) is 0. The minimum Gasteiger partial charge on any atom is -0.483 e. The fraction of sp³-hybridized carbons (Fsp3) is 0. The molecule has 1 radical (unpaired) electrons. The van der Waals surface area contributed by atoms with E-state index >= 15 is 0 Å². The average molecular weight is 507 g/mol. The summed E-state index contributed by atoms with van der Waals surface area (Å²) in [7, 11) is 0. The Balaban J connectivity index is 0.000000200. The van der Waals surface area contributed by atoms with E-state index in [-0.39, 0.29) is 35.6 Å². The van der Waals surface area contributed by atoms with Crippen molar-refractivity contribution >= 4 is 11.4 Å². The van der Waals surface area contributed by atoms with Crippen molar-refractivity contribution in [3.05, 3.63) is 109 Å². The molecule has 0 amide bonds. The van der Waals surface area contributed by atoms with E-state index in [9.17, 15) is 0 Å². The number of nitrogen functional groups attached to an aromatic ring is 2. The van der Waals surface area contributed by atoms with Crippen LogP contribution in [0.2, 0.25) is 0 Å². The predicted octanol–water partition coefficient (Wildman–Crippen LogP) is 5.72. The molecule has 29 heavy (non-hydrogen) atoms. The van der Waals surface area contributed by atoms with Crippen LogP contribution in [0.1, 0.15) is 0 Å². The van der Waals surface area contributed by atoms with E-state index in [1.807, 2.05) is 97.1 Å². The van der Waals surface area contributed by atoms with Crippen molar-refractivity contribution in [2.45, 2.75) is 0 Å². The standard InChI is InChI=1S/2C12H10NO.La/c2*13-10-6-8-12(9-7-10)14-11-4-2-1-3-5-11;/h2*2-9H,13H2;/q2*-1;. The number of hydrogen-bond donors (Lipinski definition) is 2. The maximum absolute atomic E-state index is 5.56. The first-order valence-corrected chi connectivity index (χ1v) is 8.68. The Morgan fingerprint density at radius 3 is 1.03 bits per heavy atom. The van der Waals surface area contributed by atoms with Gasteiger partial charge in [-0.3, -0.25) is 0 Å². The summed E-state index contributed by atoms with van der Waals surface area (Å²) in [4.78, 5) is 0. The average Bonchev–Trinajstić information content (AvgIpc) is 2.74. The van der Waals surface area contributed by atoms with Crippen LogP contribution in [0.15, 0.2) is 97.1 Å². The monoisotopic (exact) mass is 507 g/mol. The third-order valence-electron chi connectivity index (χ3n) is 3.61. The van der Waals surface area contributed by atoms with Crippen molar-refractivity contribution in [3.8, 4) is 23.0 Å². The Morgan fingerprint density at radius 1 is 0.448 bits per heavy atom. The van der Waals surface area contributed by atoms with Crippen LogP contribution in [-0.2, 0) is 0 Å². The molecule has 0 spiro atoms. The maximum Gasteiger partial charge on any atom is 0.124 e. The molecule has 4 rings (SSSR count). The fourth-order valence-electron chi connectivity index (χ4n) is 2.22. The summed E-state index contributed by atoms with van der Waals surface area (Å²) in [6, 6.07) is 35.1. The van der Waals surface area contributed by atoms with Gasteiger partial charge in [-0.2, -0.15) is 36.4 Å². The molecule has 0 aromatic heterocycles. The van der Waals surface area contributed by atoms with Gasteiger partial charge in [-0.1, -0.05) is 0 Å². The summed E-state index contributed by atoms with van der Waals surface area (Å²) in [6.07, 6.45) is 0. The van der Waals surface area contributed by atoms with Gasteiger partial charge in [0.1, 0.15) is 11.5 Å². The van der Waals surface area contributed by atoms with Gasteiger partial charge in [0, 0.05) is 58.5 Å². The van der Waals surface area contributed by atoms with Crippen LogP contribution in [0.5, 0.6) is 23.0 Å². The van der Waals surface area contributed by atoms with Crippen LogP contribution in [-0.4, -0.2) is 0 Å². The number of nitrogens with two attached hydrogens (primary N) is 2. The van der Waals surface area contributed by atoms with Gasteiger partial charge in [0.25, 0.3) is 0 Å². The van der Waals surface area contributed by atoms with Crippen molar-refractivity contribution < 1.29 is 45.1 Å². The molecule has 0 bridgehead atoms. The third-order valence-corrected chi connectivity index (χ3v) is 3.61. The van der Waals surface area contributed by atoms with Gasteiger partial charge < -0.3 is 20.9 Å². The first-order chi connectivity index (χ1) is 13.7. The van der Waals surface area contributed by atoms with Gasteiger partial charge >= 0.3 is 0 Å². The van der Waals surface area contributed by atoms with Crippen LogP contribution in [0.4, 0.5) is 11.4 Å². The summed E-state index contributed by atoms with van der Waals surface area (Å²) in [5.74, 6) is 3.16. The molecule has 143 valence electrons. The molecule has 0 heterocycles. The molecule has 0 saturated heterocycles. The summed E-state index contributed by atoms with van der Waals surface area (Å²) >= 11 is 0. The Morgan fingerprint density at radius 2 is 0.724 bits per heavy atom. The number of hydrogen-bond acceptors (Lipinski definition) is 4. The second kappa shape index (κ2) is 12.0. The molecule has 4 N–H and O–H groups in total. The van der Waals surface area contributed by atoms with E-state index < -0.39 is 0 Å². The van der Waals surface area contributed by atoms with Gasteiger partial charge in [-0.25, -0.2) is 0 Å². The molecule has 0 atom stereocenters. The summed E-state index contributed by atoms with van der Waals surface area (Å²) < 4.78 is 11.1.